The molecule has 9 nitrogen and oxygen atoms in total. The van der Waals surface area contributed by atoms with E-state index >= 15 is 0 Å². The van der Waals surface area contributed by atoms with Gasteiger partial charge in [0.25, 0.3) is 0 Å². The lowest BCUT2D eigenvalue weighted by molar-refractivity contribution is -0.115. The van der Waals surface area contributed by atoms with Crippen LogP contribution in [0.1, 0.15) is 49.6 Å². The fourth-order valence-electron chi connectivity index (χ4n) is 4.57. The second-order valence-electron chi connectivity index (χ2n) is 11.2. The molecule has 5 aromatic rings. The Bertz CT molecular complexity index is 1860. The van der Waals surface area contributed by atoms with Crippen molar-refractivity contribution >= 4 is 32.3 Å². The van der Waals surface area contributed by atoms with Crippen molar-refractivity contribution in [3.63, 3.8) is 0 Å². The molecule has 0 aliphatic heterocycles. The number of hydrogen-bond acceptors (Lipinski definition) is 7. The topological polar surface area (TPSA) is 116 Å². The second-order valence-corrected chi connectivity index (χ2v) is 13.5. The summed E-state index contributed by atoms with van der Waals surface area (Å²) in [7, 11) is -3.69. The molecule has 1 amide bonds. The molecule has 3 aromatic heterocycles. The lowest BCUT2D eigenvalue weighted by Gasteiger charge is -2.18. The Labute approximate surface area is 245 Å². The maximum Gasteiger partial charge on any atom is 0.228 e. The van der Waals surface area contributed by atoms with Crippen LogP contribution in [0.5, 0.6) is 11.5 Å². The van der Waals surface area contributed by atoms with Gasteiger partial charge in [-0.05, 0) is 87.7 Å². The molecular formula is C32H33N5O4S. The fraction of sp³-hybridized carbons (Fsp3) is 0.250. The zero-order chi connectivity index (χ0) is 30.1. The number of pyridine rings is 2. The molecule has 0 fully saturated rings. The summed E-state index contributed by atoms with van der Waals surface area (Å²) in [5, 5.41) is 7.03. The van der Waals surface area contributed by atoms with Crippen molar-refractivity contribution in [3.05, 3.63) is 102 Å². The number of aryl methyl sites for hydroxylation is 1. The van der Waals surface area contributed by atoms with Crippen molar-refractivity contribution in [1.29, 1.82) is 0 Å². The molecule has 1 N–H and O–H groups in total. The van der Waals surface area contributed by atoms with Crippen LogP contribution in [0.3, 0.4) is 0 Å². The number of ether oxygens (including phenoxy) is 1. The summed E-state index contributed by atoms with van der Waals surface area (Å²) in [4.78, 5) is 21.3. The van der Waals surface area contributed by atoms with Crippen molar-refractivity contribution in [2.75, 3.05) is 5.32 Å². The number of nitrogens with one attached hydrogen (secondary N) is 1. The molecule has 0 radical (unpaired) electrons. The van der Waals surface area contributed by atoms with Crippen molar-refractivity contribution in [2.45, 2.75) is 56.7 Å². The zero-order valence-electron chi connectivity index (χ0n) is 24.2. The summed E-state index contributed by atoms with van der Waals surface area (Å²) >= 11 is 0. The van der Waals surface area contributed by atoms with Crippen LogP contribution in [0.4, 0.5) is 5.69 Å². The normalized spacial score (nSPS) is 12.7. The highest BCUT2D eigenvalue weighted by Crippen LogP contribution is 2.35. The molecule has 0 saturated carbocycles. The zero-order valence-corrected chi connectivity index (χ0v) is 25.0. The Hall–Kier alpha value is -4.57. The van der Waals surface area contributed by atoms with E-state index < -0.39 is 15.1 Å². The van der Waals surface area contributed by atoms with Gasteiger partial charge < -0.3 is 10.1 Å². The summed E-state index contributed by atoms with van der Waals surface area (Å²) in [5.74, 6) is 0.927. The Morgan fingerprint density at radius 3 is 2.52 bits per heavy atom. The van der Waals surface area contributed by atoms with Crippen molar-refractivity contribution < 1.29 is 17.9 Å². The summed E-state index contributed by atoms with van der Waals surface area (Å²) in [6.07, 6.45) is 8.45. The summed E-state index contributed by atoms with van der Waals surface area (Å²) in [6.45, 7) is 9.67. The molecule has 3 heterocycles. The van der Waals surface area contributed by atoms with E-state index in [1.807, 2.05) is 52.1 Å². The molecule has 10 heteroatoms. The predicted molar refractivity (Wildman–Crippen MR) is 162 cm³/mol. The third-order valence-electron chi connectivity index (χ3n) is 7.00. The average Bonchev–Trinajstić information content (AvgIpc) is 3.43. The number of carbonyl (C=O) groups excluding carboxylic acids is 1. The van der Waals surface area contributed by atoms with Gasteiger partial charge in [0.1, 0.15) is 11.5 Å². The maximum atomic E-state index is 13.5. The summed E-state index contributed by atoms with van der Waals surface area (Å²) in [5.41, 5.74) is 3.36. The van der Waals surface area contributed by atoms with Crippen LogP contribution in [0.15, 0.2) is 90.5 Å². The third-order valence-corrected chi connectivity index (χ3v) is 9.11. The number of rotatable bonds is 8. The number of sulfone groups is 1. The largest absolute Gasteiger partial charge is 0.456 e. The molecule has 5 rings (SSSR count). The molecule has 0 spiro atoms. The van der Waals surface area contributed by atoms with Crippen molar-refractivity contribution in [1.82, 2.24) is 19.7 Å². The minimum Gasteiger partial charge on any atom is -0.456 e. The van der Waals surface area contributed by atoms with E-state index in [2.05, 4.69) is 20.4 Å². The first kappa shape index (κ1) is 28.9. The monoisotopic (exact) mass is 583 g/mol. The van der Waals surface area contributed by atoms with E-state index in [0.29, 0.717) is 33.7 Å². The first-order chi connectivity index (χ1) is 19.9. The molecule has 0 saturated heterocycles. The fourth-order valence-corrected chi connectivity index (χ4v) is 6.01. The van der Waals surface area contributed by atoms with Gasteiger partial charge >= 0.3 is 0 Å². The van der Waals surface area contributed by atoms with E-state index in [-0.39, 0.29) is 22.8 Å². The number of anilines is 1. The molecule has 2 aromatic carbocycles. The highest BCUT2D eigenvalue weighted by Gasteiger charge is 2.26. The van der Waals surface area contributed by atoms with Gasteiger partial charge in [-0.1, -0.05) is 18.2 Å². The van der Waals surface area contributed by atoms with E-state index in [1.54, 1.807) is 72.8 Å². The summed E-state index contributed by atoms with van der Waals surface area (Å²) in [6, 6.07) is 15.6. The minimum atomic E-state index is -3.69. The van der Waals surface area contributed by atoms with Gasteiger partial charge in [0.05, 0.1) is 39.5 Å². The molecule has 0 bridgehead atoms. The van der Waals surface area contributed by atoms with Crippen LogP contribution in [0.2, 0.25) is 0 Å². The number of amides is 1. The average molecular weight is 584 g/mol. The molecule has 0 aliphatic carbocycles. The molecular weight excluding hydrogens is 550 g/mol. The van der Waals surface area contributed by atoms with Gasteiger partial charge in [-0.2, -0.15) is 5.10 Å². The van der Waals surface area contributed by atoms with Crippen LogP contribution in [0, 0.1) is 6.92 Å². The second kappa shape index (κ2) is 11.4. The molecule has 216 valence electrons. The van der Waals surface area contributed by atoms with Crippen LogP contribution in [-0.4, -0.2) is 34.1 Å². The maximum absolute atomic E-state index is 13.5. The Morgan fingerprint density at radius 2 is 1.83 bits per heavy atom. The van der Waals surface area contributed by atoms with Gasteiger partial charge in [-0.25, -0.2) is 8.42 Å². The van der Waals surface area contributed by atoms with Crippen LogP contribution in [0.25, 0.3) is 10.9 Å². The molecule has 0 unspecified atom stereocenters. The minimum absolute atomic E-state index is 0.147. The van der Waals surface area contributed by atoms with Crippen LogP contribution < -0.4 is 10.1 Å². The van der Waals surface area contributed by atoms with E-state index in [1.165, 1.54) is 0 Å². The molecule has 42 heavy (non-hydrogen) atoms. The number of carbonyl (C=O) groups is 1. The Balaban J connectivity index is 1.34. The number of hydrogen-bond donors (Lipinski definition) is 1. The van der Waals surface area contributed by atoms with Crippen molar-refractivity contribution in [3.8, 4) is 11.5 Å². The van der Waals surface area contributed by atoms with Gasteiger partial charge in [0.2, 0.25) is 5.91 Å². The molecule has 0 aliphatic rings. The molecule has 1 atom stereocenters. The predicted octanol–water partition coefficient (Wildman–Crippen LogP) is 6.40. The number of fused-ring (bicyclic) bond motifs is 1. The Morgan fingerprint density at radius 1 is 1.02 bits per heavy atom. The smallest absolute Gasteiger partial charge is 0.228 e. The van der Waals surface area contributed by atoms with Gasteiger partial charge in [0, 0.05) is 30.2 Å². The highest BCUT2D eigenvalue weighted by molar-refractivity contribution is 7.91. The van der Waals surface area contributed by atoms with Crippen molar-refractivity contribution in [2.24, 2.45) is 0 Å². The first-order valence-electron chi connectivity index (χ1n) is 13.6. The van der Waals surface area contributed by atoms with Gasteiger partial charge in [-0.15, -0.1) is 0 Å². The van der Waals surface area contributed by atoms with Gasteiger partial charge in [-0.3, -0.25) is 19.4 Å². The van der Waals surface area contributed by atoms with E-state index in [4.69, 9.17) is 4.74 Å². The van der Waals surface area contributed by atoms with Crippen LogP contribution >= 0.6 is 0 Å². The first-order valence-corrected chi connectivity index (χ1v) is 15.1. The van der Waals surface area contributed by atoms with Gasteiger partial charge in [0.15, 0.2) is 9.84 Å². The lowest BCUT2D eigenvalue weighted by atomic mass is 10.1. The van der Waals surface area contributed by atoms with E-state index in [0.717, 1.165) is 11.1 Å². The summed E-state index contributed by atoms with van der Waals surface area (Å²) < 4.78 is 35.0. The Kier molecular flexibility index (Phi) is 7.83. The number of aromatic nitrogens is 4. The lowest BCUT2D eigenvalue weighted by Crippen LogP contribution is -2.22. The highest BCUT2D eigenvalue weighted by atomic mass is 32.2. The number of benzene rings is 2. The van der Waals surface area contributed by atoms with Crippen LogP contribution in [-0.2, 0) is 26.6 Å². The van der Waals surface area contributed by atoms with E-state index in [9.17, 15) is 13.2 Å². The number of nitrogens with zero attached hydrogens (tertiary/aromatic N) is 4. The quantitative estimate of drug-likeness (QED) is 0.225. The SMILES string of the molecule is Cc1cc(CC(=O)Nc2cnn(C(C)(C)C)c2)ccc1Oc1ccnc2ccc(S(=O)(=O)[C@H](C)c3cccnc3)cc12. The third kappa shape index (κ3) is 6.18. The standard InChI is InChI=1S/C32H33N5O4S/c1-21-15-23(16-31(38)36-25-19-35-37(20-25)32(3,4)5)8-11-29(21)41-30-12-14-34-28-10-9-26(17-27(28)30)42(39,40)22(2)24-7-6-13-33-18-24/h6-15,17-20,22H,16H2,1-5H3,(H,36,38)/t22-/m1/s1.